The molecule has 17 heavy (non-hydrogen) atoms. The highest BCUT2D eigenvalue weighted by molar-refractivity contribution is 5.03. The van der Waals surface area contributed by atoms with Gasteiger partial charge in [-0.15, -0.1) is 6.58 Å². The highest BCUT2D eigenvalue weighted by atomic mass is 14.3. The Morgan fingerprint density at radius 2 is 1.94 bits per heavy atom. The van der Waals surface area contributed by atoms with Gasteiger partial charge in [-0.05, 0) is 50.9 Å². The Labute approximate surface area is 109 Å². The lowest BCUT2D eigenvalue weighted by molar-refractivity contribution is 0.321. The van der Waals surface area contributed by atoms with E-state index in [0.29, 0.717) is 5.92 Å². The average molecular weight is 234 g/mol. The van der Waals surface area contributed by atoms with Crippen LogP contribution in [0.3, 0.4) is 0 Å². The summed E-state index contributed by atoms with van der Waals surface area (Å²) in [5.74, 6) is 0.578. The van der Waals surface area contributed by atoms with E-state index < -0.39 is 0 Å². The van der Waals surface area contributed by atoms with Crippen molar-refractivity contribution >= 4 is 0 Å². The summed E-state index contributed by atoms with van der Waals surface area (Å²) < 4.78 is 0. The van der Waals surface area contributed by atoms with E-state index >= 15 is 0 Å². The lowest BCUT2D eigenvalue weighted by Crippen LogP contribution is -2.17. The third-order valence-corrected chi connectivity index (χ3v) is 3.87. The zero-order chi connectivity index (χ0) is 13.5. The monoisotopic (exact) mass is 234 g/mol. The summed E-state index contributed by atoms with van der Waals surface area (Å²) in [5, 5.41) is 0. The van der Waals surface area contributed by atoms with Crippen LogP contribution in [-0.2, 0) is 0 Å². The molecule has 0 heterocycles. The van der Waals surface area contributed by atoms with Crippen molar-refractivity contribution in [2.75, 3.05) is 0 Å². The molecule has 0 aliphatic heterocycles. The normalized spacial score (nSPS) is 17.4. The van der Waals surface area contributed by atoms with Gasteiger partial charge >= 0.3 is 0 Å². The summed E-state index contributed by atoms with van der Waals surface area (Å²) in [4.78, 5) is 0. The van der Waals surface area contributed by atoms with Crippen molar-refractivity contribution in [3.05, 3.63) is 36.5 Å². The molecule has 0 bridgehead atoms. The standard InChI is InChI=1S/C17H30/c1-8-15(5)11-10-12-17(7,9-2)13-16(6)14(3)4/h9,11,16H,2-3,8,10,12-13H2,1,4-7H3. The molecule has 98 valence electrons. The molecule has 0 fully saturated rings. The minimum atomic E-state index is 0.239. The first kappa shape index (κ1) is 16.2. The summed E-state index contributed by atoms with van der Waals surface area (Å²) in [5.41, 5.74) is 3.01. The molecule has 0 heteroatoms. The van der Waals surface area contributed by atoms with Crippen molar-refractivity contribution in [1.29, 1.82) is 0 Å². The molecule has 0 aromatic rings. The first-order valence-electron chi connectivity index (χ1n) is 6.79. The first-order valence-corrected chi connectivity index (χ1v) is 6.79. The molecule has 0 saturated carbocycles. The SMILES string of the molecule is C=CC(C)(CCC=C(C)CC)CC(C)C(=C)C. The summed E-state index contributed by atoms with van der Waals surface area (Å²) in [6.45, 7) is 19.2. The molecule has 0 aliphatic rings. The van der Waals surface area contributed by atoms with Gasteiger partial charge in [0.25, 0.3) is 0 Å². The Kier molecular flexibility index (Phi) is 7.18. The summed E-state index contributed by atoms with van der Waals surface area (Å²) >= 11 is 0. The fraction of sp³-hybridized carbons (Fsp3) is 0.647. The second-order valence-corrected chi connectivity index (χ2v) is 5.75. The van der Waals surface area contributed by atoms with Gasteiger partial charge in [0, 0.05) is 0 Å². The largest absolute Gasteiger partial charge is 0.103 e. The number of allylic oxidation sites excluding steroid dienone is 4. The van der Waals surface area contributed by atoms with Crippen LogP contribution in [0.15, 0.2) is 36.5 Å². The predicted octanol–water partition coefficient (Wildman–Crippen LogP) is 5.92. The van der Waals surface area contributed by atoms with Crippen molar-refractivity contribution in [3.8, 4) is 0 Å². The molecule has 2 unspecified atom stereocenters. The van der Waals surface area contributed by atoms with Gasteiger partial charge in [0.2, 0.25) is 0 Å². The van der Waals surface area contributed by atoms with Gasteiger partial charge in [0.1, 0.15) is 0 Å². The fourth-order valence-corrected chi connectivity index (χ4v) is 1.95. The van der Waals surface area contributed by atoms with E-state index in [2.05, 4.69) is 59.9 Å². The van der Waals surface area contributed by atoms with E-state index in [1.807, 2.05) is 0 Å². The van der Waals surface area contributed by atoms with E-state index in [4.69, 9.17) is 0 Å². The second kappa shape index (κ2) is 7.53. The smallest absolute Gasteiger partial charge is 0.0141 e. The minimum absolute atomic E-state index is 0.239. The Morgan fingerprint density at radius 1 is 1.35 bits per heavy atom. The molecule has 0 aromatic heterocycles. The van der Waals surface area contributed by atoms with Crippen molar-refractivity contribution in [2.45, 2.75) is 60.3 Å². The van der Waals surface area contributed by atoms with Crippen LogP contribution in [0.1, 0.15) is 60.3 Å². The van der Waals surface area contributed by atoms with E-state index in [1.165, 1.54) is 17.6 Å². The molecular weight excluding hydrogens is 204 g/mol. The summed E-state index contributed by atoms with van der Waals surface area (Å²) in [6, 6.07) is 0. The predicted molar refractivity (Wildman–Crippen MR) is 80.2 cm³/mol. The van der Waals surface area contributed by atoms with Gasteiger partial charge in [-0.25, -0.2) is 0 Å². The van der Waals surface area contributed by atoms with Crippen LogP contribution >= 0.6 is 0 Å². The molecule has 0 rings (SSSR count). The van der Waals surface area contributed by atoms with Gasteiger partial charge in [-0.1, -0.05) is 50.6 Å². The van der Waals surface area contributed by atoms with Gasteiger partial charge in [0.15, 0.2) is 0 Å². The molecule has 0 N–H and O–H groups in total. The molecule has 2 atom stereocenters. The van der Waals surface area contributed by atoms with Crippen molar-refractivity contribution in [2.24, 2.45) is 11.3 Å². The highest BCUT2D eigenvalue weighted by Gasteiger charge is 2.22. The molecule has 0 spiro atoms. The van der Waals surface area contributed by atoms with Gasteiger partial charge in [0.05, 0.1) is 0 Å². The average Bonchev–Trinajstić information content (AvgIpc) is 2.28. The molecule has 0 radical (unpaired) electrons. The van der Waals surface area contributed by atoms with Crippen LogP contribution in [-0.4, -0.2) is 0 Å². The Balaban J connectivity index is 4.38. The first-order chi connectivity index (χ1) is 7.84. The zero-order valence-electron chi connectivity index (χ0n) is 12.5. The molecule has 0 amide bonds. The van der Waals surface area contributed by atoms with Crippen molar-refractivity contribution in [1.82, 2.24) is 0 Å². The van der Waals surface area contributed by atoms with Crippen LogP contribution in [0.4, 0.5) is 0 Å². The van der Waals surface area contributed by atoms with Crippen molar-refractivity contribution < 1.29 is 0 Å². The van der Waals surface area contributed by atoms with Crippen LogP contribution < -0.4 is 0 Å². The zero-order valence-corrected chi connectivity index (χ0v) is 12.5. The molecule has 0 aliphatic carbocycles. The van der Waals surface area contributed by atoms with E-state index in [1.54, 1.807) is 0 Å². The van der Waals surface area contributed by atoms with Crippen LogP contribution in [0.5, 0.6) is 0 Å². The van der Waals surface area contributed by atoms with Crippen LogP contribution in [0.25, 0.3) is 0 Å². The summed E-state index contributed by atoms with van der Waals surface area (Å²) in [6.07, 6.45) is 9.16. The molecule has 0 aromatic carbocycles. The molecular formula is C17H30. The van der Waals surface area contributed by atoms with E-state index in [-0.39, 0.29) is 5.41 Å². The maximum absolute atomic E-state index is 4.05. The lowest BCUT2D eigenvalue weighted by Gasteiger charge is -2.29. The topological polar surface area (TPSA) is 0 Å². The highest BCUT2D eigenvalue weighted by Crippen LogP contribution is 2.34. The minimum Gasteiger partial charge on any atom is -0.103 e. The van der Waals surface area contributed by atoms with Gasteiger partial charge < -0.3 is 0 Å². The number of rotatable bonds is 8. The maximum Gasteiger partial charge on any atom is -0.0141 e. The summed E-state index contributed by atoms with van der Waals surface area (Å²) in [7, 11) is 0. The number of hydrogen-bond donors (Lipinski definition) is 0. The van der Waals surface area contributed by atoms with Crippen molar-refractivity contribution in [3.63, 3.8) is 0 Å². The Hall–Kier alpha value is -0.780. The third kappa shape index (κ3) is 6.51. The second-order valence-electron chi connectivity index (χ2n) is 5.75. The lowest BCUT2D eigenvalue weighted by atomic mass is 9.76. The van der Waals surface area contributed by atoms with Crippen LogP contribution in [0, 0.1) is 11.3 Å². The molecule has 0 nitrogen and oxygen atoms in total. The third-order valence-electron chi connectivity index (χ3n) is 3.87. The van der Waals surface area contributed by atoms with E-state index in [0.717, 1.165) is 19.3 Å². The van der Waals surface area contributed by atoms with Crippen LogP contribution in [0.2, 0.25) is 0 Å². The fourth-order valence-electron chi connectivity index (χ4n) is 1.95. The molecule has 0 saturated heterocycles. The van der Waals surface area contributed by atoms with Gasteiger partial charge in [-0.2, -0.15) is 0 Å². The maximum atomic E-state index is 4.05. The number of hydrogen-bond acceptors (Lipinski definition) is 0. The van der Waals surface area contributed by atoms with Gasteiger partial charge in [-0.3, -0.25) is 0 Å². The van der Waals surface area contributed by atoms with E-state index in [9.17, 15) is 0 Å². The Bertz CT molecular complexity index is 282. The Morgan fingerprint density at radius 3 is 2.35 bits per heavy atom. The quantitative estimate of drug-likeness (QED) is 0.457.